The molecule has 0 saturated carbocycles. The summed E-state index contributed by atoms with van der Waals surface area (Å²) >= 11 is 0. The molecule has 0 fully saturated rings. The molecule has 0 saturated heterocycles. The molecule has 0 unspecified atom stereocenters. The molecular formula is C23H20FN3. The van der Waals surface area contributed by atoms with Gasteiger partial charge in [-0.1, -0.05) is 42.5 Å². The average Bonchev–Trinajstić information content (AvgIpc) is 3.32. The normalized spacial score (nSPS) is 14.0. The summed E-state index contributed by atoms with van der Waals surface area (Å²) in [5.41, 5.74) is 7.08. The van der Waals surface area contributed by atoms with Gasteiger partial charge in [-0.2, -0.15) is 0 Å². The Bertz CT molecular complexity index is 1090. The van der Waals surface area contributed by atoms with E-state index in [0.29, 0.717) is 18.2 Å². The van der Waals surface area contributed by atoms with Crippen LogP contribution in [-0.2, 0) is 19.4 Å². The van der Waals surface area contributed by atoms with Crippen molar-refractivity contribution in [3.05, 3.63) is 89.5 Å². The summed E-state index contributed by atoms with van der Waals surface area (Å²) in [5.74, 6) is -0.192. The molecule has 1 aromatic heterocycles. The molecule has 1 aliphatic rings. The zero-order chi connectivity index (χ0) is 18.2. The average molecular weight is 357 g/mol. The summed E-state index contributed by atoms with van der Waals surface area (Å²) in [4.78, 5) is 7.29. The number of H-pyrrole nitrogens is 1. The molecule has 4 heteroatoms. The molecule has 3 nitrogen and oxygen atoms in total. The van der Waals surface area contributed by atoms with Crippen molar-refractivity contribution in [2.75, 3.05) is 0 Å². The van der Waals surface area contributed by atoms with E-state index in [9.17, 15) is 4.39 Å². The SMILES string of the molecule is Fc1cc(CNC2Cc3ccccc3C2)ccc1-c1ccc2nc[nH]c2c1. The van der Waals surface area contributed by atoms with Crippen molar-refractivity contribution in [2.24, 2.45) is 0 Å². The van der Waals surface area contributed by atoms with Gasteiger partial charge in [-0.3, -0.25) is 0 Å². The summed E-state index contributed by atoms with van der Waals surface area (Å²) in [6, 6.07) is 20.3. The van der Waals surface area contributed by atoms with E-state index in [0.717, 1.165) is 35.0 Å². The standard InChI is InChI=1S/C23H20FN3/c24-21-9-15(13-25-19-10-16-3-1-2-4-17(16)11-19)5-7-20(21)18-6-8-22-23(12-18)27-14-26-22/h1-9,12,14,19,25H,10-11,13H2,(H,26,27). The third kappa shape index (κ3) is 3.13. The Morgan fingerprint density at radius 3 is 2.59 bits per heavy atom. The number of hydrogen-bond acceptors (Lipinski definition) is 2. The Hall–Kier alpha value is -2.98. The lowest BCUT2D eigenvalue weighted by molar-refractivity contribution is 0.530. The Morgan fingerprint density at radius 1 is 1.00 bits per heavy atom. The maximum atomic E-state index is 14.7. The van der Waals surface area contributed by atoms with Gasteiger partial charge >= 0.3 is 0 Å². The number of hydrogen-bond donors (Lipinski definition) is 2. The number of imidazole rings is 1. The van der Waals surface area contributed by atoms with E-state index in [1.165, 1.54) is 11.1 Å². The quantitative estimate of drug-likeness (QED) is 0.559. The second-order valence-electron chi connectivity index (χ2n) is 7.20. The Morgan fingerprint density at radius 2 is 1.81 bits per heavy atom. The number of nitrogens with zero attached hydrogens (tertiary/aromatic N) is 1. The van der Waals surface area contributed by atoms with Crippen LogP contribution in [0.3, 0.4) is 0 Å². The Labute approximate surface area is 157 Å². The number of nitrogens with one attached hydrogen (secondary N) is 2. The second kappa shape index (κ2) is 6.63. The monoisotopic (exact) mass is 357 g/mol. The lowest BCUT2D eigenvalue weighted by atomic mass is 10.0. The summed E-state index contributed by atoms with van der Waals surface area (Å²) in [5, 5.41) is 3.57. The highest BCUT2D eigenvalue weighted by Gasteiger charge is 2.20. The number of aromatic nitrogens is 2. The van der Waals surface area contributed by atoms with Gasteiger partial charge in [-0.05, 0) is 53.3 Å². The van der Waals surface area contributed by atoms with Gasteiger partial charge in [0.25, 0.3) is 0 Å². The molecule has 0 bridgehead atoms. The largest absolute Gasteiger partial charge is 0.345 e. The van der Waals surface area contributed by atoms with Crippen LogP contribution in [0.15, 0.2) is 67.0 Å². The topological polar surface area (TPSA) is 40.7 Å². The first kappa shape index (κ1) is 16.2. The van der Waals surface area contributed by atoms with Gasteiger partial charge in [0.2, 0.25) is 0 Å². The highest BCUT2D eigenvalue weighted by molar-refractivity contribution is 5.81. The molecule has 2 N–H and O–H groups in total. The summed E-state index contributed by atoms with van der Waals surface area (Å²) < 4.78 is 14.7. The van der Waals surface area contributed by atoms with E-state index in [2.05, 4.69) is 39.6 Å². The van der Waals surface area contributed by atoms with Crippen LogP contribution in [0.2, 0.25) is 0 Å². The van der Waals surface area contributed by atoms with Crippen molar-refractivity contribution in [3.8, 4) is 11.1 Å². The van der Waals surface area contributed by atoms with Crippen LogP contribution in [0.1, 0.15) is 16.7 Å². The maximum absolute atomic E-state index is 14.7. The lowest BCUT2D eigenvalue weighted by Gasteiger charge is -2.13. The Balaban J connectivity index is 1.30. The molecule has 27 heavy (non-hydrogen) atoms. The fourth-order valence-corrected chi connectivity index (χ4v) is 3.97. The van der Waals surface area contributed by atoms with Crippen LogP contribution in [0.4, 0.5) is 4.39 Å². The van der Waals surface area contributed by atoms with Crippen LogP contribution in [0.25, 0.3) is 22.2 Å². The van der Waals surface area contributed by atoms with Crippen molar-refractivity contribution in [3.63, 3.8) is 0 Å². The molecule has 0 aliphatic heterocycles. The lowest BCUT2D eigenvalue weighted by Crippen LogP contribution is -2.28. The van der Waals surface area contributed by atoms with Gasteiger partial charge in [0, 0.05) is 18.2 Å². The Kier molecular flexibility index (Phi) is 3.98. The maximum Gasteiger partial charge on any atom is 0.131 e. The molecule has 134 valence electrons. The molecule has 4 aromatic rings. The second-order valence-corrected chi connectivity index (χ2v) is 7.20. The molecule has 0 spiro atoms. The summed E-state index contributed by atoms with van der Waals surface area (Å²) in [7, 11) is 0. The molecule has 3 aromatic carbocycles. The fraction of sp³-hybridized carbons (Fsp3) is 0.174. The first-order valence-corrected chi connectivity index (χ1v) is 9.28. The van der Waals surface area contributed by atoms with Gasteiger partial charge in [-0.15, -0.1) is 0 Å². The van der Waals surface area contributed by atoms with Crippen molar-refractivity contribution < 1.29 is 4.39 Å². The molecule has 1 aliphatic carbocycles. The minimum Gasteiger partial charge on any atom is -0.345 e. The first-order valence-electron chi connectivity index (χ1n) is 9.28. The number of fused-ring (bicyclic) bond motifs is 2. The smallest absolute Gasteiger partial charge is 0.131 e. The third-order valence-corrected chi connectivity index (χ3v) is 5.41. The molecular weight excluding hydrogens is 337 g/mol. The van der Waals surface area contributed by atoms with Gasteiger partial charge in [-0.25, -0.2) is 9.37 Å². The molecule has 0 amide bonds. The van der Waals surface area contributed by atoms with Crippen LogP contribution in [-0.4, -0.2) is 16.0 Å². The van der Waals surface area contributed by atoms with Crippen LogP contribution >= 0.6 is 0 Å². The van der Waals surface area contributed by atoms with E-state index >= 15 is 0 Å². The molecule has 1 heterocycles. The van der Waals surface area contributed by atoms with E-state index in [-0.39, 0.29) is 5.82 Å². The van der Waals surface area contributed by atoms with Crippen molar-refractivity contribution in [1.82, 2.24) is 15.3 Å². The first-order chi connectivity index (χ1) is 13.3. The van der Waals surface area contributed by atoms with Crippen molar-refractivity contribution >= 4 is 11.0 Å². The molecule has 0 atom stereocenters. The minimum absolute atomic E-state index is 0.192. The molecule has 5 rings (SSSR count). The highest BCUT2D eigenvalue weighted by atomic mass is 19.1. The van der Waals surface area contributed by atoms with E-state index < -0.39 is 0 Å². The number of halogens is 1. The number of rotatable bonds is 4. The predicted molar refractivity (Wildman–Crippen MR) is 106 cm³/mol. The van der Waals surface area contributed by atoms with E-state index in [1.807, 2.05) is 30.3 Å². The zero-order valence-corrected chi connectivity index (χ0v) is 14.9. The van der Waals surface area contributed by atoms with Gasteiger partial charge in [0.1, 0.15) is 5.82 Å². The van der Waals surface area contributed by atoms with E-state index in [1.54, 1.807) is 12.4 Å². The number of aromatic amines is 1. The molecule has 0 radical (unpaired) electrons. The summed E-state index contributed by atoms with van der Waals surface area (Å²) in [6.45, 7) is 0.676. The van der Waals surface area contributed by atoms with Crippen molar-refractivity contribution in [2.45, 2.75) is 25.4 Å². The van der Waals surface area contributed by atoms with Crippen LogP contribution in [0, 0.1) is 5.82 Å². The summed E-state index contributed by atoms with van der Waals surface area (Å²) in [6.07, 6.45) is 3.74. The van der Waals surface area contributed by atoms with Gasteiger partial charge in [0.15, 0.2) is 0 Å². The fourth-order valence-electron chi connectivity index (χ4n) is 3.97. The highest BCUT2D eigenvalue weighted by Crippen LogP contribution is 2.27. The van der Waals surface area contributed by atoms with Crippen molar-refractivity contribution in [1.29, 1.82) is 0 Å². The zero-order valence-electron chi connectivity index (χ0n) is 14.9. The minimum atomic E-state index is -0.192. The van der Waals surface area contributed by atoms with Crippen LogP contribution < -0.4 is 5.32 Å². The predicted octanol–water partition coefficient (Wildman–Crippen LogP) is 4.63. The van der Waals surface area contributed by atoms with E-state index in [4.69, 9.17) is 0 Å². The van der Waals surface area contributed by atoms with Gasteiger partial charge in [0.05, 0.1) is 17.4 Å². The number of benzene rings is 3. The van der Waals surface area contributed by atoms with Crippen LogP contribution in [0.5, 0.6) is 0 Å². The van der Waals surface area contributed by atoms with Gasteiger partial charge < -0.3 is 10.3 Å². The third-order valence-electron chi connectivity index (χ3n) is 5.41.